The second kappa shape index (κ2) is 6.55. The summed E-state index contributed by atoms with van der Waals surface area (Å²) in [6, 6.07) is 0. The third-order valence-corrected chi connectivity index (χ3v) is 2.88. The molecule has 4 nitrogen and oxygen atoms in total. The summed E-state index contributed by atoms with van der Waals surface area (Å²) in [5, 5.41) is 11.2. The molecule has 0 unspecified atom stereocenters. The summed E-state index contributed by atoms with van der Waals surface area (Å²) in [6.07, 6.45) is 2.09. The van der Waals surface area contributed by atoms with Gasteiger partial charge >= 0.3 is 0 Å². The van der Waals surface area contributed by atoms with Crippen molar-refractivity contribution in [3.05, 3.63) is 11.3 Å². The Kier molecular flexibility index (Phi) is 5.35. The van der Waals surface area contributed by atoms with Gasteiger partial charge in [-0.1, -0.05) is 13.8 Å². The summed E-state index contributed by atoms with van der Waals surface area (Å²) in [5.41, 5.74) is 1.99. The lowest BCUT2D eigenvalue weighted by molar-refractivity contribution is -0.115. The number of ether oxygens (including phenoxy) is 1. The zero-order chi connectivity index (χ0) is 12.8. The average molecular weight is 238 g/mol. The predicted octanol–water partition coefficient (Wildman–Crippen LogP) is 1.91. The highest BCUT2D eigenvalue weighted by Crippen LogP contribution is 2.22. The first-order valence-corrected chi connectivity index (χ1v) is 6.16. The van der Waals surface area contributed by atoms with Gasteiger partial charge in [-0.15, -0.1) is 0 Å². The summed E-state index contributed by atoms with van der Waals surface area (Å²) in [7, 11) is 1.65. The zero-order valence-electron chi connectivity index (χ0n) is 10.9. The summed E-state index contributed by atoms with van der Waals surface area (Å²) >= 11 is 0. The van der Waals surface area contributed by atoms with Crippen LogP contribution < -0.4 is 5.32 Å². The smallest absolute Gasteiger partial charge is 0.166 e. The number of methoxy groups -OCH3 is 1. The van der Waals surface area contributed by atoms with E-state index in [9.17, 15) is 4.79 Å². The van der Waals surface area contributed by atoms with Crippen molar-refractivity contribution in [2.45, 2.75) is 33.1 Å². The molecule has 2 N–H and O–H groups in total. The van der Waals surface area contributed by atoms with Gasteiger partial charge in [0.05, 0.1) is 12.2 Å². The van der Waals surface area contributed by atoms with E-state index >= 15 is 0 Å². The first-order chi connectivity index (χ1) is 8.07. The quantitative estimate of drug-likeness (QED) is 0.568. The van der Waals surface area contributed by atoms with E-state index in [2.05, 4.69) is 5.32 Å². The highest BCUT2D eigenvalue weighted by atomic mass is 16.5. The molecule has 0 amide bonds. The number of rotatable bonds is 5. The van der Waals surface area contributed by atoms with Gasteiger partial charge in [0.2, 0.25) is 0 Å². The molecular formula is C13H22N2O2. The van der Waals surface area contributed by atoms with Crippen molar-refractivity contribution in [3.8, 4) is 0 Å². The molecule has 0 spiro atoms. The Balaban J connectivity index is 2.90. The summed E-state index contributed by atoms with van der Waals surface area (Å²) in [4.78, 5) is 11.9. The topological polar surface area (TPSA) is 62.2 Å². The molecule has 0 radical (unpaired) electrons. The van der Waals surface area contributed by atoms with Gasteiger partial charge in [-0.2, -0.15) is 0 Å². The maximum atomic E-state index is 11.9. The SMILES string of the molecule is COCCN/C(=C1\C(=N)CCCC1=O)C(C)C. The first kappa shape index (κ1) is 13.9. The summed E-state index contributed by atoms with van der Waals surface area (Å²) in [6.45, 7) is 5.35. The van der Waals surface area contributed by atoms with Gasteiger partial charge in [-0.05, 0) is 18.8 Å². The van der Waals surface area contributed by atoms with Crippen LogP contribution in [-0.2, 0) is 9.53 Å². The van der Waals surface area contributed by atoms with Gasteiger partial charge in [0.15, 0.2) is 5.78 Å². The lowest BCUT2D eigenvalue weighted by Crippen LogP contribution is -2.30. The van der Waals surface area contributed by atoms with Gasteiger partial charge in [-0.3, -0.25) is 4.79 Å². The monoisotopic (exact) mass is 238 g/mol. The van der Waals surface area contributed by atoms with Crippen LogP contribution in [0.3, 0.4) is 0 Å². The molecule has 0 aromatic rings. The van der Waals surface area contributed by atoms with Crippen LogP contribution in [0.15, 0.2) is 11.3 Å². The highest BCUT2D eigenvalue weighted by Gasteiger charge is 2.25. The number of carbonyl (C=O) groups is 1. The number of Topliss-reactive ketones (excluding diaryl/α,β-unsaturated/α-hetero) is 1. The minimum atomic E-state index is 0.106. The molecule has 4 heteroatoms. The van der Waals surface area contributed by atoms with Crippen molar-refractivity contribution in [1.29, 1.82) is 5.41 Å². The van der Waals surface area contributed by atoms with Crippen LogP contribution >= 0.6 is 0 Å². The molecule has 1 fully saturated rings. The van der Waals surface area contributed by atoms with Crippen molar-refractivity contribution in [3.63, 3.8) is 0 Å². The minimum Gasteiger partial charge on any atom is -0.385 e. The fourth-order valence-electron chi connectivity index (χ4n) is 2.03. The molecule has 0 atom stereocenters. The van der Waals surface area contributed by atoms with Gasteiger partial charge in [0, 0.05) is 31.5 Å². The minimum absolute atomic E-state index is 0.106. The molecule has 0 aromatic heterocycles. The van der Waals surface area contributed by atoms with Gasteiger partial charge in [0.1, 0.15) is 0 Å². The molecule has 0 aliphatic heterocycles. The Morgan fingerprint density at radius 2 is 2.18 bits per heavy atom. The molecule has 96 valence electrons. The van der Waals surface area contributed by atoms with E-state index in [1.165, 1.54) is 0 Å². The molecule has 17 heavy (non-hydrogen) atoms. The largest absolute Gasteiger partial charge is 0.385 e. The Morgan fingerprint density at radius 1 is 1.47 bits per heavy atom. The van der Waals surface area contributed by atoms with E-state index in [1.54, 1.807) is 7.11 Å². The van der Waals surface area contributed by atoms with Gasteiger partial charge < -0.3 is 15.5 Å². The van der Waals surface area contributed by atoms with Crippen molar-refractivity contribution >= 4 is 11.5 Å². The Morgan fingerprint density at radius 3 is 2.71 bits per heavy atom. The summed E-state index contributed by atoms with van der Waals surface area (Å²) in [5.74, 6) is 0.333. The fraction of sp³-hybridized carbons (Fsp3) is 0.692. The predicted molar refractivity (Wildman–Crippen MR) is 68.3 cm³/mol. The van der Waals surface area contributed by atoms with E-state index in [0.717, 1.165) is 12.1 Å². The van der Waals surface area contributed by atoms with E-state index < -0.39 is 0 Å². The van der Waals surface area contributed by atoms with Crippen LogP contribution in [0.25, 0.3) is 0 Å². The number of hydrogen-bond donors (Lipinski definition) is 2. The van der Waals surface area contributed by atoms with Crippen LogP contribution in [0.5, 0.6) is 0 Å². The van der Waals surface area contributed by atoms with Crippen molar-refractivity contribution in [2.75, 3.05) is 20.3 Å². The van der Waals surface area contributed by atoms with Crippen LogP contribution in [0.2, 0.25) is 0 Å². The fourth-order valence-corrected chi connectivity index (χ4v) is 2.03. The van der Waals surface area contributed by atoms with Crippen molar-refractivity contribution in [1.82, 2.24) is 5.32 Å². The number of ketones is 1. The normalized spacial score (nSPS) is 19.8. The standard InChI is InChI=1S/C13H22N2O2/c1-9(2)13(15-7-8-17-3)12-10(14)5-4-6-11(12)16/h9,14-15H,4-8H2,1-3H3/b13-12+,14-10?. The number of nitrogens with one attached hydrogen (secondary N) is 2. The van der Waals surface area contributed by atoms with E-state index in [1.807, 2.05) is 13.8 Å². The summed E-state index contributed by atoms with van der Waals surface area (Å²) < 4.78 is 4.99. The molecule has 0 heterocycles. The molecule has 1 aliphatic carbocycles. The number of allylic oxidation sites excluding steroid dienone is 2. The lowest BCUT2D eigenvalue weighted by atomic mass is 9.87. The Labute approximate surface area is 103 Å². The second-order valence-corrected chi connectivity index (χ2v) is 4.62. The van der Waals surface area contributed by atoms with Gasteiger partial charge in [-0.25, -0.2) is 0 Å². The zero-order valence-corrected chi connectivity index (χ0v) is 10.9. The Hall–Kier alpha value is -1.16. The molecule has 1 saturated carbocycles. The van der Waals surface area contributed by atoms with Crippen molar-refractivity contribution < 1.29 is 9.53 Å². The molecule has 0 bridgehead atoms. The first-order valence-electron chi connectivity index (χ1n) is 6.16. The second-order valence-electron chi connectivity index (χ2n) is 4.62. The molecule has 0 aromatic carbocycles. The number of hydrogen-bond acceptors (Lipinski definition) is 4. The third-order valence-electron chi connectivity index (χ3n) is 2.88. The average Bonchev–Trinajstić information content (AvgIpc) is 2.26. The highest BCUT2D eigenvalue weighted by molar-refractivity contribution is 6.23. The van der Waals surface area contributed by atoms with E-state index in [4.69, 9.17) is 10.1 Å². The van der Waals surface area contributed by atoms with Gasteiger partial charge in [0.25, 0.3) is 0 Å². The Bertz CT molecular complexity index is 314. The van der Waals surface area contributed by atoms with Crippen LogP contribution in [0.4, 0.5) is 0 Å². The van der Waals surface area contributed by atoms with E-state index in [0.29, 0.717) is 37.3 Å². The molecule has 1 aliphatic rings. The lowest BCUT2D eigenvalue weighted by Gasteiger charge is -2.22. The van der Waals surface area contributed by atoms with Crippen molar-refractivity contribution in [2.24, 2.45) is 5.92 Å². The van der Waals surface area contributed by atoms with Crippen LogP contribution in [0, 0.1) is 11.3 Å². The third kappa shape index (κ3) is 3.66. The molecular weight excluding hydrogens is 216 g/mol. The van der Waals surface area contributed by atoms with Crippen LogP contribution in [0.1, 0.15) is 33.1 Å². The molecule has 1 rings (SSSR count). The molecule has 0 saturated heterocycles. The van der Waals surface area contributed by atoms with Crippen LogP contribution in [-0.4, -0.2) is 31.8 Å². The van der Waals surface area contributed by atoms with E-state index in [-0.39, 0.29) is 11.7 Å². The number of carbonyl (C=O) groups excluding carboxylic acids is 1. The maximum Gasteiger partial charge on any atom is 0.166 e. The maximum absolute atomic E-state index is 11.9.